The van der Waals surface area contributed by atoms with E-state index < -0.39 is 5.82 Å². The van der Waals surface area contributed by atoms with Crippen LogP contribution in [0.25, 0.3) is 10.9 Å². The summed E-state index contributed by atoms with van der Waals surface area (Å²) in [6, 6.07) is 11.9. The van der Waals surface area contributed by atoms with Crippen molar-refractivity contribution in [3.8, 4) is 5.75 Å². The van der Waals surface area contributed by atoms with Gasteiger partial charge in [-0.15, -0.1) is 0 Å². The largest absolute Gasteiger partial charge is 0.494 e. The molecule has 8 heteroatoms. The molecule has 1 aromatic heterocycles. The number of hydrogen-bond acceptors (Lipinski definition) is 5. The van der Waals surface area contributed by atoms with Crippen LogP contribution in [-0.4, -0.2) is 36.9 Å². The molecule has 0 spiro atoms. The average molecular weight is 407 g/mol. The Morgan fingerprint density at radius 3 is 2.83 bits per heavy atom. The number of para-hydroxylation sites is 1. The first-order valence-electron chi connectivity index (χ1n) is 9.54. The minimum atomic E-state index is -0.404. The van der Waals surface area contributed by atoms with E-state index in [-0.39, 0.29) is 23.1 Å². The smallest absolute Gasteiger partial charge is 0.193 e. The molecule has 0 bridgehead atoms. The summed E-state index contributed by atoms with van der Waals surface area (Å²) in [4.78, 5) is 24.7. The summed E-state index contributed by atoms with van der Waals surface area (Å²) >= 11 is 0. The van der Waals surface area contributed by atoms with Gasteiger partial charge in [0.1, 0.15) is 11.7 Å². The van der Waals surface area contributed by atoms with E-state index in [2.05, 4.69) is 20.3 Å². The molecule has 0 aliphatic carbocycles. The summed E-state index contributed by atoms with van der Waals surface area (Å²) in [6.45, 7) is 2.54. The summed E-state index contributed by atoms with van der Waals surface area (Å²) in [5.41, 5.74) is 8.71. The van der Waals surface area contributed by atoms with E-state index in [1.54, 1.807) is 25.1 Å². The number of rotatable bonds is 3. The quantitative estimate of drug-likeness (QED) is 0.458. The van der Waals surface area contributed by atoms with Crippen LogP contribution in [0.2, 0.25) is 0 Å². The summed E-state index contributed by atoms with van der Waals surface area (Å²) in [5, 5.41) is 3.94. The fourth-order valence-corrected chi connectivity index (χ4v) is 3.51. The number of H-pyrrole nitrogens is 1. The van der Waals surface area contributed by atoms with Crippen LogP contribution in [0.5, 0.6) is 5.75 Å². The molecule has 0 saturated carbocycles. The molecule has 0 saturated heterocycles. The highest BCUT2D eigenvalue weighted by atomic mass is 19.1. The summed E-state index contributed by atoms with van der Waals surface area (Å²) in [6.07, 6.45) is 0. The number of pyridine rings is 1. The van der Waals surface area contributed by atoms with E-state index in [4.69, 9.17) is 10.5 Å². The third kappa shape index (κ3) is 3.69. The zero-order chi connectivity index (χ0) is 21.3. The third-order valence-electron chi connectivity index (χ3n) is 5.19. The van der Waals surface area contributed by atoms with Crippen molar-refractivity contribution >= 4 is 22.6 Å². The fourth-order valence-electron chi connectivity index (χ4n) is 3.51. The molecular formula is C22H22FN5O2. The van der Waals surface area contributed by atoms with Gasteiger partial charge in [0.05, 0.1) is 31.9 Å². The number of nitrogens with two attached hydrogens (primary N) is 1. The van der Waals surface area contributed by atoms with Crippen molar-refractivity contribution in [1.29, 1.82) is 0 Å². The number of methoxy groups -OCH3 is 1. The van der Waals surface area contributed by atoms with Gasteiger partial charge >= 0.3 is 0 Å². The zero-order valence-corrected chi connectivity index (χ0v) is 16.7. The van der Waals surface area contributed by atoms with Crippen LogP contribution < -0.4 is 21.2 Å². The van der Waals surface area contributed by atoms with Gasteiger partial charge < -0.3 is 20.8 Å². The van der Waals surface area contributed by atoms with Gasteiger partial charge in [-0.3, -0.25) is 9.79 Å². The lowest BCUT2D eigenvalue weighted by Crippen LogP contribution is -2.35. The number of aliphatic imine (C=N–C) groups is 2. The Bertz CT molecular complexity index is 1230. The van der Waals surface area contributed by atoms with Crippen LogP contribution in [0.3, 0.4) is 0 Å². The van der Waals surface area contributed by atoms with Crippen molar-refractivity contribution in [3.63, 3.8) is 0 Å². The lowest BCUT2D eigenvalue weighted by Gasteiger charge is -2.22. The standard InChI is InChI=1S/C22H22FN5O2/c1-12-20(27-16-6-4-3-5-14(16)21(12)29)22(24)28-19-11-25-17(10-26-19)13-7-8-15(23)18(9-13)30-2/h3-9,17,25H,10-11H2,1-2H3,(H,27,29)(H2,24,26,28). The first-order valence-corrected chi connectivity index (χ1v) is 9.54. The second-order valence-electron chi connectivity index (χ2n) is 7.08. The second-order valence-corrected chi connectivity index (χ2v) is 7.08. The highest BCUT2D eigenvalue weighted by Crippen LogP contribution is 2.24. The molecule has 0 radical (unpaired) electrons. The Labute approximate surface area is 172 Å². The van der Waals surface area contributed by atoms with Gasteiger partial charge in [-0.05, 0) is 36.8 Å². The van der Waals surface area contributed by atoms with Crippen molar-refractivity contribution in [1.82, 2.24) is 10.3 Å². The third-order valence-corrected chi connectivity index (χ3v) is 5.19. The highest BCUT2D eigenvalue weighted by molar-refractivity contribution is 6.06. The molecule has 4 N–H and O–H groups in total. The molecule has 1 aliphatic heterocycles. The van der Waals surface area contributed by atoms with Crippen molar-refractivity contribution in [2.24, 2.45) is 15.7 Å². The average Bonchev–Trinajstić information content (AvgIpc) is 2.77. The Balaban J connectivity index is 1.58. The second kappa shape index (κ2) is 8.08. The molecule has 2 heterocycles. The Kier molecular flexibility index (Phi) is 5.33. The van der Waals surface area contributed by atoms with Gasteiger partial charge in [0.2, 0.25) is 0 Å². The number of nitrogens with one attached hydrogen (secondary N) is 2. The van der Waals surface area contributed by atoms with Crippen LogP contribution in [0, 0.1) is 12.7 Å². The lowest BCUT2D eigenvalue weighted by atomic mass is 10.1. The zero-order valence-electron chi connectivity index (χ0n) is 16.7. The number of amidine groups is 2. The highest BCUT2D eigenvalue weighted by Gasteiger charge is 2.19. The predicted octanol–water partition coefficient (Wildman–Crippen LogP) is 2.43. The van der Waals surface area contributed by atoms with E-state index in [1.807, 2.05) is 18.2 Å². The maximum atomic E-state index is 13.6. The summed E-state index contributed by atoms with van der Waals surface area (Å²) in [5.74, 6) is 0.532. The van der Waals surface area contributed by atoms with Crippen molar-refractivity contribution in [2.45, 2.75) is 13.0 Å². The molecule has 30 heavy (non-hydrogen) atoms. The van der Waals surface area contributed by atoms with Crippen LogP contribution >= 0.6 is 0 Å². The molecule has 154 valence electrons. The maximum Gasteiger partial charge on any atom is 0.193 e. The first-order chi connectivity index (χ1) is 14.5. The summed E-state index contributed by atoms with van der Waals surface area (Å²) < 4.78 is 18.7. The minimum absolute atomic E-state index is 0.0773. The van der Waals surface area contributed by atoms with E-state index in [0.717, 1.165) is 5.56 Å². The molecule has 0 fully saturated rings. The molecule has 2 aromatic carbocycles. The SMILES string of the molecule is COc1cc(C2CN=C(N=C(N)c3[nH]c4ccccc4c(=O)c3C)CN2)ccc1F. The topological polar surface area (TPSA) is 105 Å². The number of ether oxygens (including phenoxy) is 1. The Morgan fingerprint density at radius 2 is 2.10 bits per heavy atom. The van der Waals surface area contributed by atoms with E-state index in [9.17, 15) is 9.18 Å². The van der Waals surface area contributed by atoms with Crippen molar-refractivity contribution in [3.05, 3.63) is 75.3 Å². The number of nitrogens with zero attached hydrogens (tertiary/aromatic N) is 2. The number of fused-ring (bicyclic) bond motifs is 1. The van der Waals surface area contributed by atoms with Crippen LogP contribution in [0.4, 0.5) is 4.39 Å². The van der Waals surface area contributed by atoms with Gasteiger partial charge in [0.25, 0.3) is 0 Å². The molecule has 1 unspecified atom stereocenters. The number of aromatic nitrogens is 1. The number of hydrogen-bond donors (Lipinski definition) is 3. The molecule has 7 nitrogen and oxygen atoms in total. The van der Waals surface area contributed by atoms with Crippen LogP contribution in [0.1, 0.15) is 22.9 Å². The number of aromatic amines is 1. The Morgan fingerprint density at radius 1 is 1.30 bits per heavy atom. The number of halogens is 1. The summed E-state index contributed by atoms with van der Waals surface area (Å²) in [7, 11) is 1.43. The minimum Gasteiger partial charge on any atom is -0.494 e. The van der Waals surface area contributed by atoms with E-state index in [0.29, 0.717) is 41.1 Å². The molecule has 4 rings (SSSR count). The van der Waals surface area contributed by atoms with Crippen LogP contribution in [-0.2, 0) is 0 Å². The first kappa shape index (κ1) is 19.8. The maximum absolute atomic E-state index is 13.6. The molecule has 0 amide bonds. The van der Waals surface area contributed by atoms with Gasteiger partial charge in [-0.1, -0.05) is 18.2 Å². The normalized spacial score (nSPS) is 17.1. The lowest BCUT2D eigenvalue weighted by molar-refractivity contribution is 0.385. The van der Waals surface area contributed by atoms with Crippen LogP contribution in [0.15, 0.2) is 57.2 Å². The monoisotopic (exact) mass is 407 g/mol. The van der Waals surface area contributed by atoms with Gasteiger partial charge in [-0.25, -0.2) is 9.38 Å². The molecule has 1 aliphatic rings. The van der Waals surface area contributed by atoms with Gasteiger partial charge in [0.15, 0.2) is 17.0 Å². The predicted molar refractivity (Wildman–Crippen MR) is 116 cm³/mol. The van der Waals surface area contributed by atoms with E-state index >= 15 is 0 Å². The molecule has 1 atom stereocenters. The fraction of sp³-hybridized carbons (Fsp3) is 0.227. The number of benzene rings is 2. The van der Waals surface area contributed by atoms with E-state index in [1.165, 1.54) is 13.2 Å². The van der Waals surface area contributed by atoms with Crippen molar-refractivity contribution in [2.75, 3.05) is 20.2 Å². The molecule has 3 aromatic rings. The van der Waals surface area contributed by atoms with Crippen molar-refractivity contribution < 1.29 is 9.13 Å². The molecular weight excluding hydrogens is 385 g/mol. The van der Waals surface area contributed by atoms with Gasteiger partial charge in [0, 0.05) is 16.5 Å². The van der Waals surface area contributed by atoms with Gasteiger partial charge in [-0.2, -0.15) is 0 Å². The Hall–Kier alpha value is -3.52.